The number of hydrogen-bond acceptors (Lipinski definition) is 7. The van der Waals surface area contributed by atoms with Crippen molar-refractivity contribution in [3.63, 3.8) is 0 Å². The molecule has 0 saturated carbocycles. The van der Waals surface area contributed by atoms with Gasteiger partial charge in [0, 0.05) is 10.8 Å². The lowest BCUT2D eigenvalue weighted by Crippen LogP contribution is -2.41. The van der Waals surface area contributed by atoms with Crippen LogP contribution in [0.3, 0.4) is 0 Å². The van der Waals surface area contributed by atoms with Crippen LogP contribution in [0.4, 0.5) is 9.18 Å². The SMILES string of the molecule is COC(=O)c1cc(F)cc2c(B3OC(C)(C)C(C)(C)O3)c([C@H](C)NC(=O)OC(C)(C)C)oc12. The Morgan fingerprint density at radius 3 is 2.21 bits per heavy atom. The Balaban J connectivity index is 2.16. The molecule has 1 N–H and O–H groups in total. The zero-order valence-electron chi connectivity index (χ0n) is 20.5. The minimum Gasteiger partial charge on any atom is -0.465 e. The average Bonchev–Trinajstić information content (AvgIpc) is 3.12. The number of rotatable bonds is 4. The van der Waals surface area contributed by atoms with Gasteiger partial charge in [-0.15, -0.1) is 0 Å². The molecule has 1 atom stereocenters. The number of alkyl carbamates (subject to hydrolysis) is 1. The van der Waals surface area contributed by atoms with E-state index in [1.165, 1.54) is 13.2 Å². The standard InChI is InChI=1S/C23H31BFNO7/c1-12(26-20(28)31-21(2,3)4)17-16(24-32-22(5,6)23(7,8)33-24)14-10-13(25)11-15(18(14)30-17)19(27)29-9/h10-12H,1-9H3,(H,26,28)/t12-/m0/s1. The van der Waals surface area contributed by atoms with E-state index in [9.17, 15) is 14.0 Å². The third-order valence-corrected chi connectivity index (χ3v) is 5.84. The summed E-state index contributed by atoms with van der Waals surface area (Å²) >= 11 is 0. The van der Waals surface area contributed by atoms with Gasteiger partial charge in [0.2, 0.25) is 0 Å². The summed E-state index contributed by atoms with van der Waals surface area (Å²) < 4.78 is 43.1. The van der Waals surface area contributed by atoms with E-state index in [1.807, 2.05) is 27.7 Å². The Morgan fingerprint density at radius 1 is 1.12 bits per heavy atom. The summed E-state index contributed by atoms with van der Waals surface area (Å²) in [6.45, 7) is 14.5. The van der Waals surface area contributed by atoms with Crippen molar-refractivity contribution in [2.75, 3.05) is 7.11 Å². The number of nitrogens with one attached hydrogen (secondary N) is 1. The molecule has 1 amide bonds. The highest BCUT2D eigenvalue weighted by Crippen LogP contribution is 2.39. The van der Waals surface area contributed by atoms with Crippen LogP contribution in [-0.4, -0.2) is 43.1 Å². The molecule has 10 heteroatoms. The highest BCUT2D eigenvalue weighted by atomic mass is 19.1. The fraction of sp³-hybridized carbons (Fsp3) is 0.565. The van der Waals surface area contributed by atoms with Crippen LogP contribution in [0.2, 0.25) is 0 Å². The predicted octanol–water partition coefficient (Wildman–Crippen LogP) is 4.24. The van der Waals surface area contributed by atoms with Crippen LogP contribution in [0.25, 0.3) is 11.0 Å². The Bertz CT molecular complexity index is 1070. The zero-order valence-corrected chi connectivity index (χ0v) is 20.5. The molecule has 8 nitrogen and oxygen atoms in total. The number of fused-ring (bicyclic) bond motifs is 1. The Hall–Kier alpha value is -2.59. The summed E-state index contributed by atoms with van der Waals surface area (Å²) in [6.07, 6.45) is -0.658. The predicted molar refractivity (Wildman–Crippen MR) is 121 cm³/mol. The number of esters is 1. The fourth-order valence-corrected chi connectivity index (χ4v) is 3.54. The molecule has 1 aliphatic heterocycles. The van der Waals surface area contributed by atoms with E-state index in [1.54, 1.807) is 27.7 Å². The Morgan fingerprint density at radius 2 is 1.70 bits per heavy atom. The first-order chi connectivity index (χ1) is 15.1. The lowest BCUT2D eigenvalue weighted by molar-refractivity contribution is 0.00578. The molecule has 180 valence electrons. The van der Waals surface area contributed by atoms with Gasteiger partial charge in [0.1, 0.15) is 28.3 Å². The first kappa shape index (κ1) is 25.0. The second kappa shape index (κ2) is 8.32. The second-order valence-electron chi connectivity index (χ2n) is 10.2. The average molecular weight is 463 g/mol. The molecule has 1 aromatic carbocycles. The molecule has 1 saturated heterocycles. The zero-order chi connectivity index (χ0) is 24.9. The van der Waals surface area contributed by atoms with E-state index >= 15 is 0 Å². The third kappa shape index (κ3) is 4.86. The van der Waals surface area contributed by atoms with Crippen LogP contribution < -0.4 is 10.8 Å². The van der Waals surface area contributed by atoms with Crippen molar-refractivity contribution in [2.45, 2.75) is 78.2 Å². The smallest absolute Gasteiger partial charge is 0.465 e. The minimum absolute atomic E-state index is 0.0824. The number of hydrogen-bond donors (Lipinski definition) is 1. The molecule has 0 bridgehead atoms. The van der Waals surface area contributed by atoms with Gasteiger partial charge in [-0.2, -0.15) is 0 Å². The van der Waals surface area contributed by atoms with Crippen LogP contribution in [0.5, 0.6) is 0 Å². The van der Waals surface area contributed by atoms with Crippen molar-refractivity contribution in [1.29, 1.82) is 0 Å². The van der Waals surface area contributed by atoms with Gasteiger partial charge in [0.15, 0.2) is 0 Å². The third-order valence-electron chi connectivity index (χ3n) is 5.84. The maximum Gasteiger partial charge on any atom is 0.499 e. The van der Waals surface area contributed by atoms with Crippen LogP contribution in [0.1, 0.15) is 77.5 Å². The summed E-state index contributed by atoms with van der Waals surface area (Å²) in [5.41, 5.74) is -1.65. The summed E-state index contributed by atoms with van der Waals surface area (Å²) in [5, 5.41) is 3.01. The molecule has 1 fully saturated rings. The van der Waals surface area contributed by atoms with E-state index in [4.69, 9.17) is 23.2 Å². The quantitative estimate of drug-likeness (QED) is 0.535. The number of benzene rings is 1. The highest BCUT2D eigenvalue weighted by Gasteiger charge is 2.53. The fourth-order valence-electron chi connectivity index (χ4n) is 3.54. The number of amides is 1. The summed E-state index contributed by atoms with van der Waals surface area (Å²) in [5.74, 6) is -1.15. The van der Waals surface area contributed by atoms with Gasteiger partial charge in [0.25, 0.3) is 0 Å². The van der Waals surface area contributed by atoms with E-state index in [-0.39, 0.29) is 16.9 Å². The largest absolute Gasteiger partial charge is 0.499 e. The van der Waals surface area contributed by atoms with Crippen molar-refractivity contribution >= 4 is 35.6 Å². The van der Waals surface area contributed by atoms with Gasteiger partial charge in [-0.05, 0) is 67.5 Å². The van der Waals surface area contributed by atoms with E-state index in [0.717, 1.165) is 6.07 Å². The van der Waals surface area contributed by atoms with Crippen LogP contribution >= 0.6 is 0 Å². The summed E-state index contributed by atoms with van der Waals surface area (Å²) in [4.78, 5) is 24.7. The number of methoxy groups -OCH3 is 1. The van der Waals surface area contributed by atoms with Crippen molar-refractivity contribution in [3.05, 3.63) is 29.3 Å². The number of furan rings is 1. The molecule has 2 aromatic rings. The number of halogens is 1. The summed E-state index contributed by atoms with van der Waals surface area (Å²) in [7, 11) is 0.270. The Labute approximate surface area is 193 Å². The molecular weight excluding hydrogens is 432 g/mol. The van der Waals surface area contributed by atoms with Crippen LogP contribution in [0, 0.1) is 5.82 Å². The molecule has 0 radical (unpaired) electrons. The Kier molecular flexibility index (Phi) is 6.32. The maximum absolute atomic E-state index is 14.6. The normalized spacial score (nSPS) is 18.3. The molecule has 1 aromatic heterocycles. The van der Waals surface area contributed by atoms with Gasteiger partial charge in [0.05, 0.1) is 24.4 Å². The topological polar surface area (TPSA) is 96.2 Å². The van der Waals surface area contributed by atoms with Gasteiger partial charge in [-0.3, -0.25) is 0 Å². The van der Waals surface area contributed by atoms with Crippen molar-refractivity contribution in [1.82, 2.24) is 5.32 Å². The molecule has 33 heavy (non-hydrogen) atoms. The first-order valence-corrected chi connectivity index (χ1v) is 10.8. The van der Waals surface area contributed by atoms with Crippen molar-refractivity contribution in [3.8, 4) is 0 Å². The molecular formula is C23H31BFNO7. The molecule has 1 aliphatic rings. The lowest BCUT2D eigenvalue weighted by Gasteiger charge is -2.32. The van der Waals surface area contributed by atoms with Crippen LogP contribution in [0.15, 0.2) is 16.5 Å². The van der Waals surface area contributed by atoms with Gasteiger partial charge in [-0.1, -0.05) is 0 Å². The van der Waals surface area contributed by atoms with Crippen molar-refractivity contribution < 1.29 is 37.2 Å². The summed E-state index contributed by atoms with van der Waals surface area (Å²) in [6, 6.07) is 1.58. The van der Waals surface area contributed by atoms with Gasteiger partial charge >= 0.3 is 19.2 Å². The van der Waals surface area contributed by atoms with Crippen molar-refractivity contribution in [2.24, 2.45) is 0 Å². The monoisotopic (exact) mass is 463 g/mol. The lowest BCUT2D eigenvalue weighted by atomic mass is 9.75. The van der Waals surface area contributed by atoms with Crippen LogP contribution in [-0.2, 0) is 18.8 Å². The molecule has 0 aliphatic carbocycles. The number of carbonyl (C=O) groups is 2. The van der Waals surface area contributed by atoms with E-state index in [0.29, 0.717) is 10.8 Å². The van der Waals surface area contributed by atoms with E-state index < -0.39 is 47.8 Å². The van der Waals surface area contributed by atoms with Gasteiger partial charge in [-0.25, -0.2) is 14.0 Å². The van der Waals surface area contributed by atoms with E-state index in [2.05, 4.69) is 5.32 Å². The number of carbonyl (C=O) groups excluding carboxylic acids is 2. The molecule has 3 rings (SSSR count). The number of ether oxygens (including phenoxy) is 2. The molecule has 0 unspecified atom stereocenters. The first-order valence-electron chi connectivity index (χ1n) is 10.8. The maximum atomic E-state index is 14.6. The highest BCUT2D eigenvalue weighted by molar-refractivity contribution is 6.65. The molecule has 2 heterocycles. The van der Waals surface area contributed by atoms with Gasteiger partial charge < -0.3 is 28.5 Å². The molecule has 0 spiro atoms. The minimum atomic E-state index is -0.929. The second-order valence-corrected chi connectivity index (χ2v) is 10.2.